The number of nitrogens with one attached hydrogen (secondary N) is 2. The second-order valence-electron chi connectivity index (χ2n) is 5.40. The van der Waals surface area contributed by atoms with Crippen LogP contribution in [0.25, 0.3) is 0 Å². The van der Waals surface area contributed by atoms with Gasteiger partial charge in [-0.15, -0.1) is 11.8 Å². The van der Waals surface area contributed by atoms with Crippen molar-refractivity contribution in [2.45, 2.75) is 17.2 Å². The normalized spacial score (nSPS) is 12.0. The van der Waals surface area contributed by atoms with Crippen LogP contribution in [0.5, 0.6) is 0 Å². The predicted octanol–water partition coefficient (Wildman–Crippen LogP) is 5.50. The number of rotatable bonds is 5. The first-order valence-corrected chi connectivity index (χ1v) is 8.69. The average molecular weight is 408 g/mol. The molecule has 0 aromatic heterocycles. The first-order chi connectivity index (χ1) is 12.5. The van der Waals surface area contributed by atoms with E-state index < -0.39 is 41.6 Å². The van der Waals surface area contributed by atoms with Crippen molar-refractivity contribution >= 4 is 29.0 Å². The Balaban J connectivity index is 2.16. The highest BCUT2D eigenvalue weighted by Crippen LogP contribution is 2.37. The minimum atomic E-state index is -4.95. The predicted molar refractivity (Wildman–Crippen MR) is 91.8 cm³/mol. The monoisotopic (exact) mass is 408 g/mol. The van der Waals surface area contributed by atoms with Gasteiger partial charge >= 0.3 is 12.4 Å². The SMILES string of the molecule is CSc1ccccc1NC(=O)CNc1cc(C(F)(F)F)cc(C(F)(F)F)c1. The average Bonchev–Trinajstić information content (AvgIpc) is 2.58. The van der Waals surface area contributed by atoms with Crippen molar-refractivity contribution in [1.82, 2.24) is 0 Å². The molecule has 0 aliphatic rings. The maximum atomic E-state index is 12.8. The van der Waals surface area contributed by atoms with Crippen LogP contribution >= 0.6 is 11.8 Å². The van der Waals surface area contributed by atoms with Gasteiger partial charge in [0.2, 0.25) is 5.91 Å². The van der Waals surface area contributed by atoms with E-state index in [2.05, 4.69) is 10.6 Å². The highest BCUT2D eigenvalue weighted by Gasteiger charge is 2.36. The third kappa shape index (κ3) is 5.81. The summed E-state index contributed by atoms with van der Waals surface area (Å²) in [6.07, 6.45) is -8.10. The molecule has 2 N–H and O–H groups in total. The third-order valence-electron chi connectivity index (χ3n) is 3.42. The van der Waals surface area contributed by atoms with Crippen LogP contribution in [-0.2, 0) is 17.1 Å². The van der Waals surface area contributed by atoms with Crippen LogP contribution in [0.1, 0.15) is 11.1 Å². The van der Waals surface area contributed by atoms with Crippen molar-refractivity contribution in [1.29, 1.82) is 0 Å². The molecule has 0 aliphatic carbocycles. The molecule has 0 bridgehead atoms. The zero-order valence-corrected chi connectivity index (χ0v) is 14.6. The number of alkyl halides is 6. The second-order valence-corrected chi connectivity index (χ2v) is 6.24. The molecule has 10 heteroatoms. The molecule has 0 saturated heterocycles. The highest BCUT2D eigenvalue weighted by molar-refractivity contribution is 7.98. The van der Waals surface area contributed by atoms with E-state index in [4.69, 9.17) is 0 Å². The molecule has 0 spiro atoms. The number of carbonyl (C=O) groups excluding carboxylic acids is 1. The first-order valence-electron chi connectivity index (χ1n) is 7.47. The Bertz CT molecular complexity index is 788. The molecular formula is C17H14F6N2OS. The van der Waals surface area contributed by atoms with E-state index >= 15 is 0 Å². The molecule has 0 unspecified atom stereocenters. The van der Waals surface area contributed by atoms with Crippen molar-refractivity contribution in [3.8, 4) is 0 Å². The Labute approximate surface area is 155 Å². The van der Waals surface area contributed by atoms with Crippen LogP contribution in [0, 0.1) is 0 Å². The Kier molecular flexibility index (Phi) is 6.30. The summed E-state index contributed by atoms with van der Waals surface area (Å²) in [6.45, 7) is -0.499. The molecule has 2 aromatic rings. The molecule has 0 atom stereocenters. The van der Waals surface area contributed by atoms with Crippen molar-refractivity contribution in [2.24, 2.45) is 0 Å². The summed E-state index contributed by atoms with van der Waals surface area (Å²) in [5.74, 6) is -0.609. The molecule has 0 radical (unpaired) electrons. The van der Waals surface area contributed by atoms with Crippen LogP contribution in [0.15, 0.2) is 47.4 Å². The minimum absolute atomic E-state index is 0.0277. The summed E-state index contributed by atoms with van der Waals surface area (Å²) in [5, 5.41) is 4.86. The fourth-order valence-corrected chi connectivity index (χ4v) is 2.74. The molecule has 3 nitrogen and oxygen atoms in total. The van der Waals surface area contributed by atoms with Crippen molar-refractivity contribution < 1.29 is 31.1 Å². The summed E-state index contributed by atoms with van der Waals surface area (Å²) in [7, 11) is 0. The lowest BCUT2D eigenvalue weighted by Crippen LogP contribution is -2.22. The maximum Gasteiger partial charge on any atom is 0.416 e. The van der Waals surface area contributed by atoms with Crippen LogP contribution in [0.2, 0.25) is 0 Å². The fourth-order valence-electron chi connectivity index (χ4n) is 2.18. The van der Waals surface area contributed by atoms with E-state index in [0.29, 0.717) is 17.8 Å². The van der Waals surface area contributed by atoms with E-state index in [1.165, 1.54) is 11.8 Å². The second kappa shape index (κ2) is 8.12. The molecule has 27 heavy (non-hydrogen) atoms. The maximum absolute atomic E-state index is 12.8. The molecule has 0 fully saturated rings. The molecule has 0 heterocycles. The van der Waals surface area contributed by atoms with Gasteiger partial charge in [0.15, 0.2) is 0 Å². The lowest BCUT2D eigenvalue weighted by atomic mass is 10.1. The van der Waals surface area contributed by atoms with Crippen LogP contribution in [0.4, 0.5) is 37.7 Å². The number of benzene rings is 2. The number of para-hydroxylation sites is 1. The molecule has 1 amide bonds. The van der Waals surface area contributed by atoms with E-state index in [-0.39, 0.29) is 6.07 Å². The number of anilines is 2. The molecule has 2 aromatic carbocycles. The van der Waals surface area contributed by atoms with Crippen molar-refractivity contribution in [3.05, 3.63) is 53.6 Å². The largest absolute Gasteiger partial charge is 0.416 e. The van der Waals surface area contributed by atoms with Gasteiger partial charge in [-0.3, -0.25) is 4.79 Å². The van der Waals surface area contributed by atoms with E-state index in [9.17, 15) is 31.1 Å². The van der Waals surface area contributed by atoms with Crippen molar-refractivity contribution in [3.63, 3.8) is 0 Å². The summed E-state index contributed by atoms with van der Waals surface area (Å²) < 4.78 is 77.0. The zero-order chi connectivity index (χ0) is 20.2. The summed E-state index contributed by atoms with van der Waals surface area (Å²) >= 11 is 1.38. The quantitative estimate of drug-likeness (QED) is 0.507. The highest BCUT2D eigenvalue weighted by atomic mass is 32.2. The summed E-state index contributed by atoms with van der Waals surface area (Å²) in [4.78, 5) is 12.8. The van der Waals surface area contributed by atoms with E-state index in [1.54, 1.807) is 30.5 Å². The number of hydrogen-bond donors (Lipinski definition) is 2. The number of amides is 1. The Morgan fingerprint density at radius 2 is 1.52 bits per heavy atom. The van der Waals surface area contributed by atoms with Gasteiger partial charge in [-0.05, 0) is 36.6 Å². The van der Waals surface area contributed by atoms with Gasteiger partial charge in [0.25, 0.3) is 0 Å². The van der Waals surface area contributed by atoms with Crippen LogP contribution in [-0.4, -0.2) is 18.7 Å². The van der Waals surface area contributed by atoms with Gasteiger partial charge in [0.05, 0.1) is 23.4 Å². The fraction of sp³-hybridized carbons (Fsp3) is 0.235. The van der Waals surface area contributed by atoms with Gasteiger partial charge in [-0.25, -0.2) is 0 Å². The standard InChI is InChI=1S/C17H14F6N2OS/c1-27-14-5-3-2-4-13(14)25-15(26)9-24-12-7-10(16(18,19)20)6-11(8-12)17(21,22)23/h2-8,24H,9H2,1H3,(H,25,26). The molecule has 146 valence electrons. The number of thioether (sulfide) groups is 1. The summed E-state index contributed by atoms with van der Waals surface area (Å²) in [5.41, 5.74) is -2.86. The van der Waals surface area contributed by atoms with Crippen LogP contribution in [0.3, 0.4) is 0 Å². The minimum Gasteiger partial charge on any atom is -0.376 e. The molecule has 0 aliphatic heterocycles. The summed E-state index contributed by atoms with van der Waals surface area (Å²) in [6, 6.07) is 7.93. The third-order valence-corrected chi connectivity index (χ3v) is 4.22. The van der Waals surface area contributed by atoms with Gasteiger partial charge in [-0.1, -0.05) is 12.1 Å². The topological polar surface area (TPSA) is 41.1 Å². The zero-order valence-electron chi connectivity index (χ0n) is 13.8. The van der Waals surface area contributed by atoms with Gasteiger partial charge in [0, 0.05) is 10.6 Å². The first kappa shape index (κ1) is 20.9. The lowest BCUT2D eigenvalue weighted by molar-refractivity contribution is -0.143. The van der Waals surface area contributed by atoms with E-state index in [1.807, 2.05) is 0 Å². The van der Waals surface area contributed by atoms with Gasteiger partial charge in [-0.2, -0.15) is 26.3 Å². The molecular weight excluding hydrogens is 394 g/mol. The van der Waals surface area contributed by atoms with E-state index in [0.717, 1.165) is 4.90 Å². The van der Waals surface area contributed by atoms with Gasteiger partial charge in [0.1, 0.15) is 0 Å². The Morgan fingerprint density at radius 1 is 0.963 bits per heavy atom. The lowest BCUT2D eigenvalue weighted by Gasteiger charge is -2.15. The Hall–Kier alpha value is -2.36. The van der Waals surface area contributed by atoms with Gasteiger partial charge < -0.3 is 10.6 Å². The van der Waals surface area contributed by atoms with Crippen LogP contribution < -0.4 is 10.6 Å². The smallest absolute Gasteiger partial charge is 0.376 e. The van der Waals surface area contributed by atoms with Crippen molar-refractivity contribution in [2.75, 3.05) is 23.4 Å². The Morgan fingerprint density at radius 3 is 2.04 bits per heavy atom. The number of carbonyl (C=O) groups is 1. The molecule has 2 rings (SSSR count). The number of hydrogen-bond acceptors (Lipinski definition) is 3. The number of halogens is 6. The molecule has 0 saturated carbocycles.